The first-order valence-corrected chi connectivity index (χ1v) is 10.1. The van der Waals surface area contributed by atoms with Crippen LogP contribution in [0.3, 0.4) is 0 Å². The maximum atomic E-state index is 14.2. The van der Waals surface area contributed by atoms with Gasteiger partial charge in [0.25, 0.3) is 0 Å². The van der Waals surface area contributed by atoms with Gasteiger partial charge in [0.1, 0.15) is 5.82 Å². The number of anilines is 1. The standard InChI is InChI=1S/C23H27FN2O2/c1-16-8-9-20(24)21(13-16)26-11-4-6-18(15-26)25-23(27)14-22-19-7-3-2-5-17(19)10-12-28-22/h2-3,5,7-9,13,18,22H,4,6,10-12,14-15H2,1H3,(H,25,27). The van der Waals surface area contributed by atoms with Crippen LogP contribution in [0.2, 0.25) is 0 Å². The molecule has 0 aliphatic carbocycles. The predicted octanol–water partition coefficient (Wildman–Crippen LogP) is 3.92. The van der Waals surface area contributed by atoms with Crippen molar-refractivity contribution in [1.82, 2.24) is 5.32 Å². The van der Waals surface area contributed by atoms with Crippen molar-refractivity contribution < 1.29 is 13.9 Å². The maximum Gasteiger partial charge on any atom is 0.223 e. The first-order chi connectivity index (χ1) is 13.6. The Morgan fingerprint density at radius 1 is 1.29 bits per heavy atom. The maximum absolute atomic E-state index is 14.2. The number of halogens is 1. The van der Waals surface area contributed by atoms with Crippen LogP contribution in [0.5, 0.6) is 0 Å². The molecular formula is C23H27FN2O2. The van der Waals surface area contributed by atoms with E-state index < -0.39 is 0 Å². The Morgan fingerprint density at radius 3 is 3.04 bits per heavy atom. The van der Waals surface area contributed by atoms with Gasteiger partial charge < -0.3 is 15.0 Å². The molecule has 4 rings (SSSR count). The van der Waals surface area contributed by atoms with Crippen molar-refractivity contribution in [1.29, 1.82) is 0 Å². The number of ether oxygens (including phenoxy) is 1. The highest BCUT2D eigenvalue weighted by molar-refractivity contribution is 5.77. The molecule has 2 aliphatic rings. The Labute approximate surface area is 165 Å². The quantitative estimate of drug-likeness (QED) is 0.871. The molecule has 0 saturated carbocycles. The molecule has 1 fully saturated rings. The molecular weight excluding hydrogens is 355 g/mol. The van der Waals surface area contributed by atoms with Crippen molar-refractivity contribution >= 4 is 11.6 Å². The summed E-state index contributed by atoms with van der Waals surface area (Å²) in [6, 6.07) is 13.4. The number of nitrogens with one attached hydrogen (secondary N) is 1. The first kappa shape index (κ1) is 18.9. The molecule has 5 heteroatoms. The number of benzene rings is 2. The topological polar surface area (TPSA) is 41.6 Å². The van der Waals surface area contributed by atoms with Crippen molar-refractivity contribution in [2.45, 2.75) is 44.8 Å². The van der Waals surface area contributed by atoms with Crippen LogP contribution in [0.1, 0.15) is 42.1 Å². The lowest BCUT2D eigenvalue weighted by Gasteiger charge is -2.35. The summed E-state index contributed by atoms with van der Waals surface area (Å²) < 4.78 is 20.1. The summed E-state index contributed by atoms with van der Waals surface area (Å²) in [4.78, 5) is 14.7. The molecule has 2 aromatic carbocycles. The first-order valence-electron chi connectivity index (χ1n) is 10.1. The monoisotopic (exact) mass is 382 g/mol. The molecule has 4 nitrogen and oxygen atoms in total. The number of nitrogens with zero attached hydrogens (tertiary/aromatic N) is 1. The Bertz CT molecular complexity index is 854. The molecule has 2 aromatic rings. The highest BCUT2D eigenvalue weighted by Gasteiger charge is 2.27. The van der Waals surface area contributed by atoms with E-state index in [1.807, 2.05) is 30.0 Å². The van der Waals surface area contributed by atoms with Gasteiger partial charge in [-0.1, -0.05) is 30.3 Å². The molecule has 2 atom stereocenters. The molecule has 1 saturated heterocycles. The lowest BCUT2D eigenvalue weighted by Crippen LogP contribution is -2.48. The number of amides is 1. The lowest BCUT2D eigenvalue weighted by atomic mass is 9.95. The van der Waals surface area contributed by atoms with E-state index in [1.165, 1.54) is 11.6 Å². The van der Waals surface area contributed by atoms with E-state index in [9.17, 15) is 9.18 Å². The summed E-state index contributed by atoms with van der Waals surface area (Å²) in [5.74, 6) is -0.206. The number of piperidine rings is 1. The fourth-order valence-electron chi connectivity index (χ4n) is 4.28. The van der Waals surface area contributed by atoms with Crippen molar-refractivity contribution in [2.75, 3.05) is 24.6 Å². The zero-order valence-corrected chi connectivity index (χ0v) is 16.3. The third kappa shape index (κ3) is 4.20. The van der Waals surface area contributed by atoms with E-state index in [0.29, 0.717) is 25.3 Å². The van der Waals surface area contributed by atoms with Crippen LogP contribution in [0.15, 0.2) is 42.5 Å². The zero-order chi connectivity index (χ0) is 19.5. The van der Waals surface area contributed by atoms with Gasteiger partial charge in [0.2, 0.25) is 5.91 Å². The minimum atomic E-state index is -0.204. The number of hydrogen-bond donors (Lipinski definition) is 1. The third-order valence-corrected chi connectivity index (χ3v) is 5.69. The summed E-state index contributed by atoms with van der Waals surface area (Å²) in [7, 11) is 0. The van der Waals surface area contributed by atoms with Gasteiger partial charge >= 0.3 is 0 Å². The van der Waals surface area contributed by atoms with Crippen LogP contribution >= 0.6 is 0 Å². The number of carbonyl (C=O) groups is 1. The highest BCUT2D eigenvalue weighted by atomic mass is 19.1. The highest BCUT2D eigenvalue weighted by Crippen LogP contribution is 2.30. The van der Waals surface area contributed by atoms with Crippen LogP contribution in [-0.2, 0) is 16.0 Å². The normalized spacial score (nSPS) is 21.9. The van der Waals surface area contributed by atoms with Gasteiger partial charge in [0, 0.05) is 19.1 Å². The number of carbonyl (C=O) groups excluding carboxylic acids is 1. The zero-order valence-electron chi connectivity index (χ0n) is 16.3. The smallest absolute Gasteiger partial charge is 0.223 e. The van der Waals surface area contributed by atoms with E-state index in [-0.39, 0.29) is 23.9 Å². The number of aryl methyl sites for hydroxylation is 1. The lowest BCUT2D eigenvalue weighted by molar-refractivity contribution is -0.125. The Balaban J connectivity index is 1.38. The van der Waals surface area contributed by atoms with Gasteiger partial charge in [-0.2, -0.15) is 0 Å². The van der Waals surface area contributed by atoms with Gasteiger partial charge in [-0.3, -0.25) is 4.79 Å². The SMILES string of the molecule is Cc1ccc(F)c(N2CCCC(NC(=O)CC3OCCc4ccccc43)C2)c1. The van der Waals surface area contributed by atoms with Gasteiger partial charge in [0.15, 0.2) is 0 Å². The number of fused-ring (bicyclic) bond motifs is 1. The summed E-state index contributed by atoms with van der Waals surface area (Å²) in [5, 5.41) is 3.15. The average Bonchev–Trinajstić information content (AvgIpc) is 2.70. The summed E-state index contributed by atoms with van der Waals surface area (Å²) in [6.45, 7) is 4.06. The van der Waals surface area contributed by atoms with Crippen molar-refractivity contribution in [3.05, 3.63) is 65.0 Å². The number of hydrogen-bond acceptors (Lipinski definition) is 3. The minimum absolute atomic E-state index is 0.00160. The molecule has 2 aliphatic heterocycles. The second-order valence-corrected chi connectivity index (χ2v) is 7.82. The van der Waals surface area contributed by atoms with Gasteiger partial charge in [-0.05, 0) is 55.0 Å². The summed E-state index contributed by atoms with van der Waals surface area (Å²) >= 11 is 0. The van der Waals surface area contributed by atoms with Crippen LogP contribution in [0.4, 0.5) is 10.1 Å². The predicted molar refractivity (Wildman–Crippen MR) is 108 cm³/mol. The van der Waals surface area contributed by atoms with Crippen molar-refractivity contribution in [3.8, 4) is 0 Å². The number of rotatable bonds is 4. The van der Waals surface area contributed by atoms with E-state index in [4.69, 9.17) is 4.74 Å². The Hall–Kier alpha value is -2.40. The minimum Gasteiger partial charge on any atom is -0.373 e. The van der Waals surface area contributed by atoms with E-state index in [1.54, 1.807) is 6.07 Å². The van der Waals surface area contributed by atoms with Crippen LogP contribution in [-0.4, -0.2) is 31.6 Å². The third-order valence-electron chi connectivity index (χ3n) is 5.69. The van der Waals surface area contributed by atoms with E-state index in [2.05, 4.69) is 17.4 Å². The summed E-state index contributed by atoms with van der Waals surface area (Å²) in [5.41, 5.74) is 4.06. The Kier molecular flexibility index (Phi) is 5.62. The Morgan fingerprint density at radius 2 is 2.14 bits per heavy atom. The molecule has 148 valence electrons. The van der Waals surface area contributed by atoms with Gasteiger partial charge in [-0.15, -0.1) is 0 Å². The molecule has 2 heterocycles. The molecule has 0 aromatic heterocycles. The van der Waals surface area contributed by atoms with E-state index in [0.717, 1.165) is 36.9 Å². The average molecular weight is 382 g/mol. The molecule has 1 N–H and O–H groups in total. The fraction of sp³-hybridized carbons (Fsp3) is 0.435. The van der Waals surface area contributed by atoms with Crippen LogP contribution in [0, 0.1) is 12.7 Å². The molecule has 0 bridgehead atoms. The second kappa shape index (κ2) is 8.31. The van der Waals surface area contributed by atoms with Crippen molar-refractivity contribution in [2.24, 2.45) is 0 Å². The van der Waals surface area contributed by atoms with Crippen LogP contribution in [0.25, 0.3) is 0 Å². The fourth-order valence-corrected chi connectivity index (χ4v) is 4.28. The second-order valence-electron chi connectivity index (χ2n) is 7.82. The van der Waals surface area contributed by atoms with Crippen LogP contribution < -0.4 is 10.2 Å². The summed E-state index contributed by atoms with van der Waals surface area (Å²) in [6.07, 6.45) is 2.89. The van der Waals surface area contributed by atoms with Gasteiger partial charge in [0.05, 0.1) is 24.8 Å². The molecule has 0 spiro atoms. The molecule has 2 unspecified atom stereocenters. The molecule has 1 amide bonds. The van der Waals surface area contributed by atoms with E-state index >= 15 is 0 Å². The van der Waals surface area contributed by atoms with Gasteiger partial charge in [-0.25, -0.2) is 4.39 Å². The van der Waals surface area contributed by atoms with Crippen molar-refractivity contribution in [3.63, 3.8) is 0 Å². The molecule has 0 radical (unpaired) electrons. The molecule has 28 heavy (non-hydrogen) atoms. The largest absolute Gasteiger partial charge is 0.373 e.